The Morgan fingerprint density at radius 2 is 1.37 bits per heavy atom. The molecule has 4 nitrogen and oxygen atoms in total. The van der Waals surface area contributed by atoms with Gasteiger partial charge in [-0.15, -0.1) is 0 Å². The molecule has 0 bridgehead atoms. The van der Waals surface area contributed by atoms with E-state index in [1.165, 1.54) is 36.1 Å². The van der Waals surface area contributed by atoms with Gasteiger partial charge in [-0.05, 0) is 77.8 Å². The van der Waals surface area contributed by atoms with E-state index in [0.717, 1.165) is 55.3 Å². The van der Waals surface area contributed by atoms with E-state index in [1.54, 1.807) is 12.1 Å². The number of benzene rings is 3. The van der Waals surface area contributed by atoms with Crippen LogP contribution in [-0.4, -0.2) is 53.9 Å². The Bertz CT molecular complexity index is 1110. The molecule has 1 heterocycles. The van der Waals surface area contributed by atoms with Crippen LogP contribution in [0.15, 0.2) is 78.9 Å². The Morgan fingerprint density at radius 1 is 0.743 bits per heavy atom. The first-order valence-corrected chi connectivity index (χ1v) is 13.0. The number of hydrogen-bond acceptors (Lipinski definition) is 4. The van der Waals surface area contributed by atoms with E-state index in [2.05, 4.69) is 58.3 Å². The molecule has 1 aliphatic carbocycles. The van der Waals surface area contributed by atoms with Crippen molar-refractivity contribution >= 4 is 16.8 Å². The summed E-state index contributed by atoms with van der Waals surface area (Å²) in [6.07, 6.45) is 5.63. The van der Waals surface area contributed by atoms with Gasteiger partial charge in [-0.1, -0.05) is 61.0 Å². The maximum atomic E-state index is 9.90. The summed E-state index contributed by atoms with van der Waals surface area (Å²) in [7, 11) is 0. The first-order valence-electron chi connectivity index (χ1n) is 13.0. The maximum absolute atomic E-state index is 9.90. The number of allylic oxidation sites excluding steroid dienone is 1. The third-order valence-electron chi connectivity index (χ3n) is 7.59. The molecule has 4 heteroatoms. The summed E-state index contributed by atoms with van der Waals surface area (Å²) in [4.78, 5) is 5.18. The number of nitrogens with zero attached hydrogens (tertiary/aromatic N) is 2. The molecular formula is C31H36N2O2. The van der Waals surface area contributed by atoms with Crippen molar-refractivity contribution in [2.45, 2.75) is 38.1 Å². The van der Waals surface area contributed by atoms with Crippen LogP contribution in [-0.2, 0) is 0 Å². The molecule has 0 amide bonds. The monoisotopic (exact) mass is 468 g/mol. The number of rotatable bonds is 8. The van der Waals surface area contributed by atoms with Crippen molar-refractivity contribution < 1.29 is 10.2 Å². The molecule has 0 aromatic heterocycles. The van der Waals surface area contributed by atoms with Gasteiger partial charge in [0.1, 0.15) is 5.75 Å². The molecule has 1 saturated heterocycles. The van der Waals surface area contributed by atoms with Gasteiger partial charge in [-0.3, -0.25) is 4.90 Å². The van der Waals surface area contributed by atoms with Crippen molar-refractivity contribution in [3.05, 3.63) is 95.6 Å². The van der Waals surface area contributed by atoms with Crippen molar-refractivity contribution in [3.8, 4) is 5.75 Å². The highest BCUT2D eigenvalue weighted by atomic mass is 16.3. The van der Waals surface area contributed by atoms with Gasteiger partial charge < -0.3 is 15.1 Å². The van der Waals surface area contributed by atoms with Gasteiger partial charge in [0.2, 0.25) is 0 Å². The van der Waals surface area contributed by atoms with Crippen molar-refractivity contribution in [2.24, 2.45) is 0 Å². The molecule has 0 unspecified atom stereocenters. The van der Waals surface area contributed by atoms with E-state index < -0.39 is 0 Å². The molecule has 5 rings (SSSR count). The topological polar surface area (TPSA) is 46.9 Å². The van der Waals surface area contributed by atoms with Gasteiger partial charge in [-0.25, -0.2) is 0 Å². The molecule has 35 heavy (non-hydrogen) atoms. The molecule has 2 aliphatic rings. The van der Waals surface area contributed by atoms with Crippen LogP contribution in [0, 0.1) is 0 Å². The second kappa shape index (κ2) is 11.1. The highest BCUT2D eigenvalue weighted by Crippen LogP contribution is 2.36. The lowest BCUT2D eigenvalue weighted by atomic mass is 9.87. The summed E-state index contributed by atoms with van der Waals surface area (Å²) in [5, 5.41) is 19.5. The fraction of sp³-hybridized carbons (Fsp3) is 0.355. The zero-order valence-corrected chi connectivity index (χ0v) is 20.4. The highest BCUT2D eigenvalue weighted by Gasteiger charge is 2.28. The minimum atomic E-state index is 0.158. The van der Waals surface area contributed by atoms with E-state index in [-0.39, 0.29) is 12.4 Å². The van der Waals surface area contributed by atoms with Crippen LogP contribution >= 0.6 is 0 Å². The highest BCUT2D eigenvalue weighted by molar-refractivity contribution is 5.98. The van der Waals surface area contributed by atoms with Crippen LogP contribution < -0.4 is 4.90 Å². The summed E-state index contributed by atoms with van der Waals surface area (Å²) in [6.45, 7) is 4.64. The number of hydrogen-bond donors (Lipinski definition) is 2. The molecule has 1 saturated carbocycles. The number of piperazine rings is 1. The normalized spacial score (nSPS) is 17.7. The Hall–Kier alpha value is -3.08. The maximum Gasteiger partial charge on any atom is 0.115 e. The second-order valence-electron chi connectivity index (χ2n) is 9.75. The van der Waals surface area contributed by atoms with E-state index in [1.807, 2.05) is 18.2 Å². The number of anilines is 1. The third-order valence-corrected chi connectivity index (χ3v) is 7.59. The standard InChI is InChI=1S/C31H36N2O2/c34-23-5-10-30(24-6-2-1-3-7-24)31(26-13-17-29(35)18-14-26)25-11-15-28(16-12-25)33-21-19-32(20-22-33)27-8-4-9-27/h1-3,6-7,11-18,27,34-35H,4-5,8-10,19-23H2/b31-30+. The molecule has 2 N–H and O–H groups in total. The van der Waals surface area contributed by atoms with Gasteiger partial charge >= 0.3 is 0 Å². The summed E-state index contributed by atoms with van der Waals surface area (Å²) in [6, 6.07) is 27.7. The van der Waals surface area contributed by atoms with Crippen molar-refractivity contribution in [1.82, 2.24) is 4.90 Å². The Kier molecular flexibility index (Phi) is 7.51. The molecule has 0 radical (unpaired) electrons. The zero-order valence-electron chi connectivity index (χ0n) is 20.4. The molecule has 182 valence electrons. The van der Waals surface area contributed by atoms with Gasteiger partial charge in [0, 0.05) is 44.5 Å². The predicted molar refractivity (Wildman–Crippen MR) is 145 cm³/mol. The van der Waals surface area contributed by atoms with Crippen molar-refractivity contribution in [2.75, 3.05) is 37.7 Å². The number of aliphatic hydroxyl groups is 1. The van der Waals surface area contributed by atoms with E-state index >= 15 is 0 Å². The van der Waals surface area contributed by atoms with Crippen LogP contribution in [0.25, 0.3) is 11.1 Å². The lowest BCUT2D eigenvalue weighted by molar-refractivity contribution is 0.120. The lowest BCUT2D eigenvalue weighted by Crippen LogP contribution is -2.52. The summed E-state index contributed by atoms with van der Waals surface area (Å²) in [5.74, 6) is 0.265. The molecular weight excluding hydrogens is 432 g/mol. The molecule has 3 aromatic carbocycles. The number of aromatic hydroxyl groups is 1. The summed E-state index contributed by atoms with van der Waals surface area (Å²) >= 11 is 0. The van der Waals surface area contributed by atoms with Crippen LogP contribution in [0.5, 0.6) is 5.75 Å². The molecule has 0 atom stereocenters. The number of aliphatic hydroxyl groups excluding tert-OH is 1. The first kappa shape index (κ1) is 23.7. The lowest BCUT2D eigenvalue weighted by Gasteiger charge is -2.43. The second-order valence-corrected chi connectivity index (χ2v) is 9.75. The van der Waals surface area contributed by atoms with Gasteiger partial charge in [-0.2, -0.15) is 0 Å². The largest absolute Gasteiger partial charge is 0.508 e. The van der Waals surface area contributed by atoms with Crippen LogP contribution in [0.2, 0.25) is 0 Å². The van der Waals surface area contributed by atoms with Gasteiger partial charge in [0.25, 0.3) is 0 Å². The first-order chi connectivity index (χ1) is 17.2. The van der Waals surface area contributed by atoms with Crippen molar-refractivity contribution in [1.29, 1.82) is 0 Å². The molecule has 2 fully saturated rings. The molecule has 0 spiro atoms. The van der Waals surface area contributed by atoms with E-state index in [4.69, 9.17) is 0 Å². The predicted octanol–water partition coefficient (Wildman–Crippen LogP) is 5.80. The van der Waals surface area contributed by atoms with E-state index in [9.17, 15) is 10.2 Å². The summed E-state index contributed by atoms with van der Waals surface area (Å²) < 4.78 is 0. The Balaban J connectivity index is 1.47. The molecule has 1 aliphatic heterocycles. The number of phenols is 1. The quantitative estimate of drug-likeness (QED) is 0.410. The van der Waals surface area contributed by atoms with E-state index in [0.29, 0.717) is 6.42 Å². The fourth-order valence-corrected chi connectivity index (χ4v) is 5.39. The fourth-order valence-electron chi connectivity index (χ4n) is 5.39. The third kappa shape index (κ3) is 5.44. The molecule has 3 aromatic rings. The van der Waals surface area contributed by atoms with Gasteiger partial charge in [0.05, 0.1) is 0 Å². The Labute approximate surface area is 209 Å². The average Bonchev–Trinajstić information content (AvgIpc) is 2.88. The number of phenolic OH excluding ortho intramolecular Hbond substituents is 1. The summed E-state index contributed by atoms with van der Waals surface area (Å²) in [5.41, 5.74) is 7.05. The van der Waals surface area contributed by atoms with Crippen molar-refractivity contribution in [3.63, 3.8) is 0 Å². The van der Waals surface area contributed by atoms with Crippen LogP contribution in [0.4, 0.5) is 5.69 Å². The minimum Gasteiger partial charge on any atom is -0.508 e. The Morgan fingerprint density at radius 3 is 1.94 bits per heavy atom. The zero-order chi connectivity index (χ0) is 24.0. The van der Waals surface area contributed by atoms with Gasteiger partial charge in [0.15, 0.2) is 0 Å². The average molecular weight is 469 g/mol. The van der Waals surface area contributed by atoms with Crippen LogP contribution in [0.1, 0.15) is 48.8 Å². The smallest absolute Gasteiger partial charge is 0.115 e. The SMILES string of the molecule is OCCC/C(=C(\c1ccc(O)cc1)c1ccc(N2CCN(C3CCC3)CC2)cc1)c1ccccc1. The minimum absolute atomic E-state index is 0.158. The van der Waals surface area contributed by atoms with Crippen LogP contribution in [0.3, 0.4) is 0 Å².